The Hall–Kier alpha value is -3.52. The van der Waals surface area contributed by atoms with E-state index in [2.05, 4.69) is 179 Å². The van der Waals surface area contributed by atoms with Crippen LogP contribution in [0.5, 0.6) is 0 Å². The fraction of sp³-hybridized carbons (Fsp3) is 0.478. The summed E-state index contributed by atoms with van der Waals surface area (Å²) in [5.74, 6) is 2.26. The van der Waals surface area contributed by atoms with Crippen LogP contribution < -0.4 is 11.1 Å². The van der Waals surface area contributed by atoms with E-state index in [4.69, 9.17) is 0 Å². The predicted octanol–water partition coefficient (Wildman–Crippen LogP) is 14.1. The zero-order valence-corrected chi connectivity index (χ0v) is 33.5. The first-order chi connectivity index (χ1) is 22.8. The highest BCUT2D eigenvalue weighted by molar-refractivity contribution is 5.67. The average Bonchev–Trinajstić information content (AvgIpc) is 3.02. The monoisotopic (exact) mass is 657 g/mol. The first-order valence-corrected chi connectivity index (χ1v) is 18.4. The fourth-order valence-corrected chi connectivity index (χ4v) is 4.43. The first kappa shape index (κ1) is 48.9. The topological polar surface area (TPSA) is 38.0 Å². The van der Waals surface area contributed by atoms with E-state index in [-0.39, 0.29) is 0 Å². The summed E-state index contributed by atoms with van der Waals surface area (Å²) in [5.41, 5.74) is 13.7. The van der Waals surface area contributed by atoms with Crippen LogP contribution in [0.1, 0.15) is 125 Å². The smallest absolute Gasteiger partial charge is 0.0397 e. The third kappa shape index (κ3) is 31.1. The zero-order valence-electron chi connectivity index (χ0n) is 33.5. The Morgan fingerprint density at radius 3 is 1.67 bits per heavy atom. The number of benzene rings is 3. The lowest BCUT2D eigenvalue weighted by Gasteiger charge is -2.20. The van der Waals surface area contributed by atoms with E-state index in [1.54, 1.807) is 0 Å². The number of nitrogens with one attached hydrogen (secondary N) is 1. The molecule has 3 N–H and O–H groups in total. The van der Waals surface area contributed by atoms with Crippen LogP contribution in [0.25, 0.3) is 11.1 Å². The summed E-state index contributed by atoms with van der Waals surface area (Å²) in [6, 6.07) is 28.1. The molecule has 2 nitrogen and oxygen atoms in total. The van der Waals surface area contributed by atoms with Crippen molar-refractivity contribution in [3.8, 4) is 11.1 Å². The van der Waals surface area contributed by atoms with Gasteiger partial charge < -0.3 is 11.1 Å². The van der Waals surface area contributed by atoms with Gasteiger partial charge in [-0.15, -0.1) is 6.58 Å². The quantitative estimate of drug-likeness (QED) is 0.190. The lowest BCUT2D eigenvalue weighted by Crippen LogP contribution is -2.15. The van der Waals surface area contributed by atoms with E-state index in [0.29, 0.717) is 5.92 Å². The molecule has 1 unspecified atom stereocenters. The summed E-state index contributed by atoms with van der Waals surface area (Å²) in [6.45, 7) is 38.0. The molecule has 270 valence electrons. The Morgan fingerprint density at radius 1 is 0.771 bits per heavy atom. The Morgan fingerprint density at radius 2 is 1.23 bits per heavy atom. The molecule has 0 radical (unpaired) electrons. The van der Waals surface area contributed by atoms with Gasteiger partial charge in [0.2, 0.25) is 0 Å². The second kappa shape index (κ2) is 33.4. The Bertz CT molecular complexity index is 1150. The normalized spacial score (nSPS) is 10.0. The number of hydrogen-bond acceptors (Lipinski definition) is 2. The maximum absolute atomic E-state index is 4.61. The summed E-state index contributed by atoms with van der Waals surface area (Å²) < 4.78 is 0. The average molecular weight is 657 g/mol. The van der Waals surface area contributed by atoms with Crippen molar-refractivity contribution in [3.63, 3.8) is 0 Å². The first-order valence-electron chi connectivity index (χ1n) is 18.4. The lowest BCUT2D eigenvalue weighted by atomic mass is 9.89. The van der Waals surface area contributed by atoms with Crippen molar-refractivity contribution in [3.05, 3.63) is 133 Å². The molecule has 0 saturated carbocycles. The second-order valence-electron chi connectivity index (χ2n) is 13.5. The van der Waals surface area contributed by atoms with Crippen molar-refractivity contribution in [2.75, 3.05) is 0 Å². The predicted molar refractivity (Wildman–Crippen MR) is 222 cm³/mol. The highest BCUT2D eigenvalue weighted by Crippen LogP contribution is 2.26. The van der Waals surface area contributed by atoms with Gasteiger partial charge in [0.25, 0.3) is 0 Å². The molecule has 0 saturated heterocycles. The zero-order chi connectivity index (χ0) is 37.3. The molecule has 0 bridgehead atoms. The second-order valence-corrected chi connectivity index (χ2v) is 13.5. The molecule has 48 heavy (non-hydrogen) atoms. The molecule has 0 aliphatic carbocycles. The SMILES string of the molecule is C=C(C)CC(CCCc1ccc(-c2ccccc2)c(C)c1)CC(=C)NCc1ccccc1.C=CN.CC.CC(C)C.CC(C)C.CCC. The maximum atomic E-state index is 4.61. The van der Waals surface area contributed by atoms with Gasteiger partial charge in [0.15, 0.2) is 0 Å². The van der Waals surface area contributed by atoms with Gasteiger partial charge in [-0.05, 0) is 97.7 Å². The number of hydrogen-bond donors (Lipinski definition) is 2. The lowest BCUT2D eigenvalue weighted by molar-refractivity contribution is 0.449. The molecule has 0 amide bonds. The van der Waals surface area contributed by atoms with E-state index < -0.39 is 0 Å². The van der Waals surface area contributed by atoms with Gasteiger partial charge in [-0.25, -0.2) is 0 Å². The molecule has 0 aromatic heterocycles. The van der Waals surface area contributed by atoms with Gasteiger partial charge in [0, 0.05) is 12.2 Å². The molecule has 0 heterocycles. The molecule has 0 fully saturated rings. The third-order valence-corrected chi connectivity index (χ3v) is 6.01. The highest BCUT2D eigenvalue weighted by atomic mass is 14.9. The third-order valence-electron chi connectivity index (χ3n) is 6.01. The van der Waals surface area contributed by atoms with Gasteiger partial charge >= 0.3 is 0 Å². The molecule has 2 heteroatoms. The summed E-state index contributed by atoms with van der Waals surface area (Å²) in [7, 11) is 0. The number of aryl methyl sites for hydroxylation is 2. The van der Waals surface area contributed by atoms with Crippen LogP contribution in [0, 0.1) is 24.7 Å². The van der Waals surface area contributed by atoms with Crippen molar-refractivity contribution in [1.82, 2.24) is 5.32 Å². The standard InChI is InChI=1S/C31H37N.2C4H10.C3H8.C2H5N.C2H6/c1-24(2)20-29(22-26(4)32-23-28-12-7-5-8-13-28)15-11-14-27-18-19-31(25(3)21-27)30-16-9-6-10-17-30;2*1-4(2)3;1-3-2;1-2-3;1-2/h5-10,12-13,16-19,21,29,32H,1,4,11,14-15,20,22-23H2,2-3H3;2*4H,1-3H3;3H2,1-2H3;2H,1,3H2;1-2H3. The van der Waals surface area contributed by atoms with E-state index in [1.165, 1.54) is 58.9 Å². The Kier molecular flexibility index (Phi) is 34.0. The van der Waals surface area contributed by atoms with Crippen LogP contribution in [-0.4, -0.2) is 0 Å². The van der Waals surface area contributed by atoms with Crippen LogP contribution in [0.15, 0.2) is 116 Å². The van der Waals surface area contributed by atoms with Gasteiger partial charge in [-0.2, -0.15) is 0 Å². The minimum Gasteiger partial charge on any atom is -0.405 e. The van der Waals surface area contributed by atoms with E-state index in [9.17, 15) is 0 Å². The Labute approximate surface area is 300 Å². The Balaban J connectivity index is -0.00000107. The molecule has 0 spiro atoms. The summed E-state index contributed by atoms with van der Waals surface area (Å²) >= 11 is 0. The van der Waals surface area contributed by atoms with E-state index >= 15 is 0 Å². The van der Waals surface area contributed by atoms with Crippen molar-refractivity contribution in [1.29, 1.82) is 0 Å². The highest BCUT2D eigenvalue weighted by Gasteiger charge is 2.12. The van der Waals surface area contributed by atoms with Crippen LogP contribution in [-0.2, 0) is 13.0 Å². The molecular formula is C46H76N2. The van der Waals surface area contributed by atoms with Crippen molar-refractivity contribution in [2.45, 2.75) is 128 Å². The summed E-state index contributed by atoms with van der Waals surface area (Å²) in [6.07, 6.45) is 8.07. The van der Waals surface area contributed by atoms with E-state index in [0.717, 1.165) is 43.3 Å². The number of nitrogens with two attached hydrogens (primary N) is 1. The molecule has 1 atom stereocenters. The molecule has 0 aliphatic rings. The van der Waals surface area contributed by atoms with Crippen LogP contribution in [0.3, 0.4) is 0 Å². The van der Waals surface area contributed by atoms with Crippen LogP contribution in [0.4, 0.5) is 0 Å². The van der Waals surface area contributed by atoms with Crippen molar-refractivity contribution in [2.24, 2.45) is 23.5 Å². The largest absolute Gasteiger partial charge is 0.405 e. The minimum atomic E-state index is 0.591. The van der Waals surface area contributed by atoms with Gasteiger partial charge in [-0.3, -0.25) is 0 Å². The summed E-state index contributed by atoms with van der Waals surface area (Å²) in [5, 5.41) is 3.52. The molecule has 3 aromatic carbocycles. The molecular weight excluding hydrogens is 581 g/mol. The fourth-order valence-electron chi connectivity index (χ4n) is 4.43. The van der Waals surface area contributed by atoms with Crippen molar-refractivity contribution < 1.29 is 0 Å². The van der Waals surface area contributed by atoms with Crippen LogP contribution >= 0.6 is 0 Å². The number of allylic oxidation sites excluding steroid dienone is 2. The van der Waals surface area contributed by atoms with Gasteiger partial charge in [-0.1, -0.05) is 173 Å². The number of rotatable bonds is 12. The van der Waals surface area contributed by atoms with Crippen molar-refractivity contribution >= 4 is 0 Å². The van der Waals surface area contributed by atoms with Crippen LogP contribution in [0.2, 0.25) is 0 Å². The van der Waals surface area contributed by atoms with Gasteiger partial charge in [0.05, 0.1) is 0 Å². The van der Waals surface area contributed by atoms with Gasteiger partial charge in [0.1, 0.15) is 0 Å². The maximum Gasteiger partial charge on any atom is 0.0397 e. The summed E-state index contributed by atoms with van der Waals surface area (Å²) in [4.78, 5) is 0. The molecule has 3 aromatic rings. The van der Waals surface area contributed by atoms with E-state index in [1.807, 2.05) is 13.8 Å². The molecule has 0 aliphatic heterocycles. The minimum absolute atomic E-state index is 0.591. The molecule has 3 rings (SSSR count).